The van der Waals surface area contributed by atoms with Gasteiger partial charge in [-0.1, -0.05) is 36.3 Å². The number of nitrogens with one attached hydrogen (secondary N) is 3. The Balaban J connectivity index is 1.67. The number of anilines is 4. The van der Waals surface area contributed by atoms with Crippen molar-refractivity contribution in [3.05, 3.63) is 64.8 Å². The lowest BCUT2D eigenvalue weighted by Crippen LogP contribution is -2.55. The Hall–Kier alpha value is -4.87. The summed E-state index contributed by atoms with van der Waals surface area (Å²) in [6.07, 6.45) is 6.95. The number of carbonyl (C=O) groups excluding carboxylic acids is 3. The van der Waals surface area contributed by atoms with Crippen molar-refractivity contribution in [1.29, 1.82) is 0 Å². The van der Waals surface area contributed by atoms with Crippen molar-refractivity contribution < 1.29 is 29.1 Å². The van der Waals surface area contributed by atoms with Crippen molar-refractivity contribution in [3.63, 3.8) is 0 Å². The van der Waals surface area contributed by atoms with Gasteiger partial charge >= 0.3 is 6.03 Å². The van der Waals surface area contributed by atoms with E-state index in [-0.39, 0.29) is 36.6 Å². The molecule has 0 aliphatic carbocycles. The van der Waals surface area contributed by atoms with E-state index in [1.54, 1.807) is 68.1 Å². The number of aromatic nitrogens is 2. The number of terminal acetylenes is 1. The van der Waals surface area contributed by atoms with Gasteiger partial charge in [-0.25, -0.2) is 14.8 Å². The Bertz CT molecular complexity index is 1590. The zero-order chi connectivity index (χ0) is 33.3. The topological polar surface area (TPSA) is 161 Å². The molecule has 4 rings (SSSR count). The first-order chi connectivity index (χ1) is 21.9. The Morgan fingerprint density at radius 1 is 1.09 bits per heavy atom. The minimum atomic E-state index is -1.67. The van der Waals surface area contributed by atoms with Crippen LogP contribution < -0.4 is 25.8 Å². The highest BCUT2D eigenvalue weighted by Crippen LogP contribution is 2.28. The molecule has 3 aromatic rings. The molecule has 1 saturated heterocycles. The fourth-order valence-electron chi connectivity index (χ4n) is 4.59. The molecule has 0 spiro atoms. The number of nitrogens with zero attached hydrogens (tertiary/aromatic N) is 4. The van der Waals surface area contributed by atoms with E-state index in [1.165, 1.54) is 6.20 Å². The average Bonchev–Trinajstić information content (AvgIpc) is 3.54. The van der Waals surface area contributed by atoms with Crippen LogP contribution >= 0.6 is 15.9 Å². The molecular formula is C32H35BrN7O6-. The summed E-state index contributed by atoms with van der Waals surface area (Å²) in [7, 11) is 0. The summed E-state index contributed by atoms with van der Waals surface area (Å²) in [6, 6.07) is 12.1. The normalized spacial score (nSPS) is 13.3. The van der Waals surface area contributed by atoms with Crippen LogP contribution in [0.3, 0.4) is 0 Å². The molecule has 3 N–H and O–H groups in total. The standard InChI is InChI=1S/C32H36BrN7O6/c1-5-15-45-28-25(33)20-34-29(38-28)36-23-17-22(18-24(19-23)37-30(42)39-13-9-10-14-39)35-27(41)26(16-21-11-7-6-8-12-21)40(31(43)44)46-32(2,3)4/h1,6-8,11-12,17-20,26H,9-10,13-16H2,2-4H3,(H,35,41)(H,37,42)(H,43,44)(H,34,36,38)/p-1/t26-/m1/s1. The van der Waals surface area contributed by atoms with Gasteiger partial charge in [-0.15, -0.1) is 6.42 Å². The molecule has 46 heavy (non-hydrogen) atoms. The molecular weight excluding hydrogens is 658 g/mol. The summed E-state index contributed by atoms with van der Waals surface area (Å²) in [6.45, 7) is 6.26. The van der Waals surface area contributed by atoms with Crippen molar-refractivity contribution in [2.24, 2.45) is 0 Å². The third kappa shape index (κ3) is 9.82. The number of likely N-dealkylation sites (tertiary alicyclic amines) is 1. The van der Waals surface area contributed by atoms with Gasteiger partial charge < -0.3 is 35.5 Å². The van der Waals surface area contributed by atoms with Crippen LogP contribution in [-0.2, 0) is 16.1 Å². The monoisotopic (exact) mass is 692 g/mol. The van der Waals surface area contributed by atoms with Crippen molar-refractivity contribution in [2.75, 3.05) is 35.6 Å². The van der Waals surface area contributed by atoms with Crippen molar-refractivity contribution in [2.45, 2.75) is 51.7 Å². The Labute approximate surface area is 275 Å². The second-order valence-electron chi connectivity index (χ2n) is 11.4. The second kappa shape index (κ2) is 15.4. The van der Waals surface area contributed by atoms with E-state index in [9.17, 15) is 19.5 Å². The van der Waals surface area contributed by atoms with Gasteiger partial charge in [-0.2, -0.15) is 4.98 Å². The molecule has 13 nitrogen and oxygen atoms in total. The zero-order valence-corrected chi connectivity index (χ0v) is 27.3. The predicted octanol–water partition coefficient (Wildman–Crippen LogP) is 4.55. The number of carbonyl (C=O) groups is 3. The molecule has 242 valence electrons. The number of rotatable bonds is 11. The quantitative estimate of drug-likeness (QED) is 0.193. The van der Waals surface area contributed by atoms with Gasteiger partial charge in [0.05, 0.1) is 16.3 Å². The first-order valence-electron chi connectivity index (χ1n) is 14.5. The number of benzene rings is 2. The Morgan fingerprint density at radius 2 is 1.74 bits per heavy atom. The SMILES string of the molecule is C#CCOc1nc(Nc2cc(NC(=O)[C@@H](Cc3ccccc3)N(OC(C)(C)C)C(=O)[O-])cc(NC(=O)N3CCCC3)c2)ncc1Br. The van der Waals surface area contributed by atoms with Crippen LogP contribution in [0.5, 0.6) is 5.88 Å². The number of carboxylic acid groups (broad SMARTS) is 1. The highest BCUT2D eigenvalue weighted by Gasteiger charge is 2.31. The lowest BCUT2D eigenvalue weighted by Gasteiger charge is -2.36. The maximum atomic E-state index is 13.8. The number of ether oxygens (including phenoxy) is 1. The summed E-state index contributed by atoms with van der Waals surface area (Å²) in [4.78, 5) is 55.0. The minimum Gasteiger partial charge on any atom is -0.528 e. The Morgan fingerprint density at radius 3 is 2.37 bits per heavy atom. The lowest BCUT2D eigenvalue weighted by molar-refractivity contribution is -0.325. The third-order valence-electron chi connectivity index (χ3n) is 6.52. The molecule has 1 aromatic heterocycles. The van der Waals surface area contributed by atoms with Crippen molar-refractivity contribution in [1.82, 2.24) is 19.9 Å². The van der Waals surface area contributed by atoms with Crippen LogP contribution in [0.15, 0.2) is 59.2 Å². The van der Waals surface area contributed by atoms with Crippen LogP contribution in [0, 0.1) is 12.3 Å². The number of urea groups is 1. The van der Waals surface area contributed by atoms with Crippen LogP contribution in [0.25, 0.3) is 0 Å². The van der Waals surface area contributed by atoms with Gasteiger partial charge in [0, 0.05) is 36.6 Å². The smallest absolute Gasteiger partial charge is 0.321 e. The largest absolute Gasteiger partial charge is 0.528 e. The van der Waals surface area contributed by atoms with Gasteiger partial charge in [0.25, 0.3) is 0 Å². The molecule has 14 heteroatoms. The molecule has 0 radical (unpaired) electrons. The maximum Gasteiger partial charge on any atom is 0.321 e. The lowest BCUT2D eigenvalue weighted by atomic mass is 10.0. The minimum absolute atomic E-state index is 0.000391. The number of halogens is 1. The van der Waals surface area contributed by atoms with Gasteiger partial charge in [-0.05, 0) is 73.3 Å². The Kier molecular flexibility index (Phi) is 11.4. The van der Waals surface area contributed by atoms with Crippen LogP contribution in [0.4, 0.5) is 32.6 Å². The van der Waals surface area contributed by atoms with E-state index >= 15 is 0 Å². The molecule has 1 aliphatic rings. The molecule has 1 atom stereocenters. The highest BCUT2D eigenvalue weighted by molar-refractivity contribution is 9.10. The highest BCUT2D eigenvalue weighted by atomic mass is 79.9. The van der Waals surface area contributed by atoms with E-state index in [1.807, 2.05) is 6.07 Å². The van der Waals surface area contributed by atoms with E-state index < -0.39 is 23.6 Å². The number of hydroxylamine groups is 2. The molecule has 0 bridgehead atoms. The summed E-state index contributed by atoms with van der Waals surface area (Å²) >= 11 is 3.33. The zero-order valence-electron chi connectivity index (χ0n) is 25.7. The second-order valence-corrected chi connectivity index (χ2v) is 12.2. The van der Waals surface area contributed by atoms with Gasteiger partial charge in [0.2, 0.25) is 17.7 Å². The maximum absolute atomic E-state index is 13.8. The van der Waals surface area contributed by atoms with Crippen LogP contribution in [-0.4, -0.2) is 69.3 Å². The molecule has 0 unspecified atom stereocenters. The fraction of sp³-hybridized carbons (Fsp3) is 0.344. The van der Waals surface area contributed by atoms with Crippen molar-refractivity contribution in [3.8, 4) is 18.2 Å². The van der Waals surface area contributed by atoms with Gasteiger partial charge in [-0.3, -0.25) is 9.63 Å². The molecule has 0 saturated carbocycles. The third-order valence-corrected chi connectivity index (χ3v) is 7.06. The number of hydrogen-bond donors (Lipinski definition) is 3. The van der Waals surface area contributed by atoms with Gasteiger partial charge in [0.15, 0.2) is 12.7 Å². The van der Waals surface area contributed by atoms with Crippen molar-refractivity contribution >= 4 is 57.0 Å². The summed E-state index contributed by atoms with van der Waals surface area (Å²) in [5.41, 5.74) is 0.775. The van der Waals surface area contributed by atoms with E-state index in [0.29, 0.717) is 39.6 Å². The summed E-state index contributed by atoms with van der Waals surface area (Å²) in [5, 5.41) is 21.5. The van der Waals surface area contributed by atoms with Gasteiger partial charge in [0.1, 0.15) is 6.04 Å². The molecule has 4 amide bonds. The van der Waals surface area contributed by atoms with E-state index in [2.05, 4.69) is 47.8 Å². The first kappa shape index (κ1) is 34.0. The number of hydrogen-bond acceptors (Lipinski definition) is 9. The number of amides is 4. The predicted molar refractivity (Wildman–Crippen MR) is 174 cm³/mol. The molecule has 2 aromatic carbocycles. The first-order valence-corrected chi connectivity index (χ1v) is 15.3. The van der Waals surface area contributed by atoms with Crippen LogP contribution in [0.1, 0.15) is 39.2 Å². The van der Waals surface area contributed by atoms with Crippen LogP contribution in [0.2, 0.25) is 0 Å². The molecule has 1 aliphatic heterocycles. The van der Waals surface area contributed by atoms with E-state index in [4.69, 9.17) is 16.0 Å². The molecule has 2 heterocycles. The van der Waals surface area contributed by atoms with E-state index in [0.717, 1.165) is 12.8 Å². The summed E-state index contributed by atoms with van der Waals surface area (Å²) in [5.74, 6) is 2.06. The average molecular weight is 694 g/mol. The fourth-order valence-corrected chi connectivity index (χ4v) is 4.89. The summed E-state index contributed by atoms with van der Waals surface area (Å²) < 4.78 is 5.96. The molecule has 1 fully saturated rings.